The van der Waals surface area contributed by atoms with Crippen LogP contribution in [0.1, 0.15) is 31.2 Å². The molecule has 1 aromatic heterocycles. The van der Waals surface area contributed by atoms with E-state index in [9.17, 15) is 5.11 Å². The van der Waals surface area contributed by atoms with Crippen LogP contribution in [0.3, 0.4) is 0 Å². The molecule has 1 saturated carbocycles. The zero-order valence-electron chi connectivity index (χ0n) is 10.8. The van der Waals surface area contributed by atoms with Gasteiger partial charge < -0.3 is 9.84 Å². The molecule has 0 saturated heterocycles. The van der Waals surface area contributed by atoms with Gasteiger partial charge in [-0.1, -0.05) is 12.5 Å². The van der Waals surface area contributed by atoms with Crippen molar-refractivity contribution >= 4 is 10.9 Å². The normalized spacial score (nSPS) is 29.4. The van der Waals surface area contributed by atoms with Crippen LogP contribution in [-0.4, -0.2) is 15.9 Å². The Morgan fingerprint density at radius 2 is 2.21 bits per heavy atom. The number of nitrogens with zero attached hydrogens (tertiary/aromatic N) is 1. The molecular formula is C16H17NO2. The Bertz CT molecular complexity index is 640. The highest BCUT2D eigenvalue weighted by atomic mass is 16.6. The monoisotopic (exact) mass is 255 g/mol. The summed E-state index contributed by atoms with van der Waals surface area (Å²) in [6, 6.07) is 7.98. The van der Waals surface area contributed by atoms with Crippen LogP contribution < -0.4 is 4.74 Å². The lowest BCUT2D eigenvalue weighted by atomic mass is 9.77. The van der Waals surface area contributed by atoms with Crippen molar-refractivity contribution < 1.29 is 9.84 Å². The summed E-state index contributed by atoms with van der Waals surface area (Å²) in [5.41, 5.74) is 2.22. The third kappa shape index (κ3) is 1.65. The number of aliphatic hydroxyl groups is 1. The number of pyridine rings is 1. The summed E-state index contributed by atoms with van der Waals surface area (Å²) in [5.74, 6) is 0.113. The maximum atomic E-state index is 10.7. The first-order valence-electron chi connectivity index (χ1n) is 7.04. The molecule has 0 spiro atoms. The molecule has 4 rings (SSSR count). The molecule has 1 N–H and O–H groups in total. The van der Waals surface area contributed by atoms with Crippen LogP contribution >= 0.6 is 0 Å². The van der Waals surface area contributed by atoms with Gasteiger partial charge in [-0.25, -0.2) is 0 Å². The molecular weight excluding hydrogens is 238 g/mol. The topological polar surface area (TPSA) is 42.4 Å². The highest BCUT2D eigenvalue weighted by Crippen LogP contribution is 2.45. The molecule has 1 fully saturated rings. The van der Waals surface area contributed by atoms with E-state index in [1.165, 1.54) is 12.0 Å². The van der Waals surface area contributed by atoms with Crippen molar-refractivity contribution in [2.24, 2.45) is 5.92 Å². The highest BCUT2D eigenvalue weighted by Gasteiger charge is 2.45. The first-order chi connectivity index (χ1) is 9.26. The summed E-state index contributed by atoms with van der Waals surface area (Å²) in [4.78, 5) is 4.39. The van der Waals surface area contributed by atoms with Crippen LogP contribution in [0, 0.1) is 5.92 Å². The summed E-state index contributed by atoms with van der Waals surface area (Å²) >= 11 is 0. The third-order valence-electron chi connectivity index (χ3n) is 4.57. The second kappa shape index (κ2) is 3.94. The van der Waals surface area contributed by atoms with Crippen LogP contribution in [0.4, 0.5) is 0 Å². The van der Waals surface area contributed by atoms with Gasteiger partial charge in [-0.2, -0.15) is 0 Å². The lowest BCUT2D eigenvalue weighted by Gasteiger charge is -2.44. The maximum Gasteiger partial charge on any atom is 0.211 e. The van der Waals surface area contributed by atoms with Gasteiger partial charge in [-0.3, -0.25) is 4.98 Å². The Morgan fingerprint density at radius 3 is 3.16 bits per heavy atom. The molecule has 0 radical (unpaired) electrons. The summed E-state index contributed by atoms with van der Waals surface area (Å²) in [6.45, 7) is 0. The Labute approximate surface area is 112 Å². The van der Waals surface area contributed by atoms with Crippen molar-refractivity contribution in [2.45, 2.75) is 37.9 Å². The smallest absolute Gasteiger partial charge is 0.211 e. The van der Waals surface area contributed by atoms with Crippen LogP contribution in [-0.2, 0) is 6.42 Å². The molecule has 2 atom stereocenters. The van der Waals surface area contributed by atoms with E-state index < -0.39 is 5.79 Å². The van der Waals surface area contributed by atoms with Crippen molar-refractivity contribution in [2.75, 3.05) is 0 Å². The third-order valence-corrected chi connectivity index (χ3v) is 4.57. The van der Waals surface area contributed by atoms with E-state index in [-0.39, 0.29) is 5.92 Å². The largest absolute Gasteiger partial charge is 0.462 e. The van der Waals surface area contributed by atoms with Gasteiger partial charge in [0.2, 0.25) is 5.79 Å². The molecule has 2 aromatic rings. The standard InChI is InChI=1S/C16H17NO2/c18-16-8-2-1-4-11(16)10-13-12-5-3-9-17-14(12)6-7-15(13)19-16/h3,5-7,9,11,18H,1-2,4,8,10H2. The van der Waals surface area contributed by atoms with E-state index in [1.54, 1.807) is 0 Å². The average molecular weight is 255 g/mol. The molecule has 98 valence electrons. The van der Waals surface area contributed by atoms with Crippen LogP contribution in [0.15, 0.2) is 30.5 Å². The quantitative estimate of drug-likeness (QED) is 0.786. The number of hydrogen-bond donors (Lipinski definition) is 1. The van der Waals surface area contributed by atoms with Crippen molar-refractivity contribution in [3.05, 3.63) is 36.0 Å². The van der Waals surface area contributed by atoms with E-state index in [4.69, 9.17) is 4.74 Å². The fraction of sp³-hybridized carbons (Fsp3) is 0.438. The molecule has 1 aliphatic heterocycles. The molecule has 0 bridgehead atoms. The lowest BCUT2D eigenvalue weighted by Crippen LogP contribution is -2.49. The Hall–Kier alpha value is -1.61. The van der Waals surface area contributed by atoms with Crippen molar-refractivity contribution in [3.8, 4) is 5.75 Å². The van der Waals surface area contributed by atoms with Gasteiger partial charge in [0, 0.05) is 29.5 Å². The van der Waals surface area contributed by atoms with Gasteiger partial charge in [0.05, 0.1) is 5.52 Å². The summed E-state index contributed by atoms with van der Waals surface area (Å²) in [5, 5.41) is 11.8. The number of ether oxygens (including phenoxy) is 1. The minimum absolute atomic E-state index is 0.222. The van der Waals surface area contributed by atoms with Gasteiger partial charge in [0.25, 0.3) is 0 Å². The molecule has 0 amide bonds. The molecule has 3 heteroatoms. The molecule has 19 heavy (non-hydrogen) atoms. The molecule has 1 aromatic carbocycles. The van der Waals surface area contributed by atoms with Crippen LogP contribution in [0.2, 0.25) is 0 Å². The Balaban J connectivity index is 1.87. The van der Waals surface area contributed by atoms with Crippen molar-refractivity contribution in [1.29, 1.82) is 0 Å². The van der Waals surface area contributed by atoms with Gasteiger partial charge in [0.15, 0.2) is 0 Å². The van der Waals surface area contributed by atoms with Crippen molar-refractivity contribution in [1.82, 2.24) is 4.98 Å². The van der Waals surface area contributed by atoms with E-state index in [0.29, 0.717) is 0 Å². The minimum atomic E-state index is -0.943. The zero-order chi connectivity index (χ0) is 12.9. The molecule has 2 unspecified atom stereocenters. The summed E-state index contributed by atoms with van der Waals surface area (Å²) in [6.07, 6.45) is 6.76. The van der Waals surface area contributed by atoms with Crippen molar-refractivity contribution in [3.63, 3.8) is 0 Å². The number of aromatic nitrogens is 1. The second-order valence-electron chi connectivity index (χ2n) is 5.71. The minimum Gasteiger partial charge on any atom is -0.462 e. The first-order valence-corrected chi connectivity index (χ1v) is 7.04. The van der Waals surface area contributed by atoms with E-state index in [1.807, 2.05) is 24.4 Å². The second-order valence-corrected chi connectivity index (χ2v) is 5.71. The fourth-order valence-corrected chi connectivity index (χ4v) is 3.53. The van der Waals surface area contributed by atoms with Gasteiger partial charge in [-0.05, 0) is 37.5 Å². The fourth-order valence-electron chi connectivity index (χ4n) is 3.53. The van der Waals surface area contributed by atoms with Crippen LogP contribution in [0.5, 0.6) is 5.75 Å². The summed E-state index contributed by atoms with van der Waals surface area (Å²) < 4.78 is 5.96. The molecule has 2 aliphatic rings. The molecule has 3 nitrogen and oxygen atoms in total. The Morgan fingerprint density at radius 1 is 1.26 bits per heavy atom. The van der Waals surface area contributed by atoms with E-state index >= 15 is 0 Å². The van der Waals surface area contributed by atoms with Gasteiger partial charge >= 0.3 is 0 Å². The summed E-state index contributed by atoms with van der Waals surface area (Å²) in [7, 11) is 0. The molecule has 2 heterocycles. The zero-order valence-corrected chi connectivity index (χ0v) is 10.8. The number of fused-ring (bicyclic) bond motifs is 4. The lowest BCUT2D eigenvalue weighted by molar-refractivity contribution is -0.203. The number of benzene rings is 1. The van der Waals surface area contributed by atoms with E-state index in [2.05, 4.69) is 11.1 Å². The number of rotatable bonds is 0. The first kappa shape index (κ1) is 11.2. The van der Waals surface area contributed by atoms with Gasteiger partial charge in [0.1, 0.15) is 5.75 Å². The SMILES string of the molecule is OC12CCCCC1Cc1c(ccc3ncccc13)O2. The van der Waals surface area contributed by atoms with Crippen LogP contribution in [0.25, 0.3) is 10.9 Å². The highest BCUT2D eigenvalue weighted by molar-refractivity contribution is 5.84. The maximum absolute atomic E-state index is 10.7. The predicted molar refractivity (Wildman–Crippen MR) is 73.0 cm³/mol. The van der Waals surface area contributed by atoms with E-state index in [0.717, 1.165) is 42.3 Å². The Kier molecular flexibility index (Phi) is 2.33. The molecule has 1 aliphatic carbocycles. The average Bonchev–Trinajstić information content (AvgIpc) is 2.44. The van der Waals surface area contributed by atoms with Gasteiger partial charge in [-0.15, -0.1) is 0 Å². The predicted octanol–water partition coefficient (Wildman–Crippen LogP) is 3.05. The number of hydrogen-bond acceptors (Lipinski definition) is 3.